The number of nitrogens with zero attached hydrogens (tertiary/aromatic N) is 1. The summed E-state index contributed by atoms with van der Waals surface area (Å²) in [6.45, 7) is 0. The van der Waals surface area contributed by atoms with Gasteiger partial charge in [0.2, 0.25) is 0 Å². The Hall–Kier alpha value is -1.10. The number of carboxylic acid groups (broad SMARTS) is 1. The van der Waals surface area contributed by atoms with Crippen molar-refractivity contribution in [3.05, 3.63) is 0 Å². The van der Waals surface area contributed by atoms with Gasteiger partial charge in [-0.05, 0) is 19.9 Å². The van der Waals surface area contributed by atoms with Gasteiger partial charge in [0.25, 0.3) is 0 Å². The quantitative estimate of drug-likeness (QED) is 0.594. The molecule has 0 aliphatic carbocycles. The summed E-state index contributed by atoms with van der Waals surface area (Å²) >= 11 is 0. The van der Waals surface area contributed by atoms with Crippen LogP contribution in [0.25, 0.3) is 0 Å². The Kier molecular flexibility index (Phi) is 3.46. The Morgan fingerprint density at radius 2 is 1.79 bits per heavy atom. The van der Waals surface area contributed by atoms with Crippen LogP contribution in [0.1, 0.15) is 25.7 Å². The van der Waals surface area contributed by atoms with Crippen molar-refractivity contribution in [3.8, 4) is 0 Å². The average Bonchev–Trinajstić information content (AvgIpc) is 2.33. The molecule has 5 nitrogen and oxygen atoms in total. The van der Waals surface area contributed by atoms with E-state index in [-0.39, 0.29) is 0 Å². The van der Waals surface area contributed by atoms with Crippen molar-refractivity contribution in [2.45, 2.75) is 37.8 Å². The monoisotopic (exact) mass is 200 g/mol. The molecule has 2 fully saturated rings. The molecule has 2 atom stereocenters. The first kappa shape index (κ1) is 11.0. The standard InChI is InChI=1S/C8H13NO.CH3NO2/c1-9-6-2-3-7(9)5-8(10)4-6;2-1(3)4/h6-7H,2-5H2,1H3;2H2,(H,3,4)/t6-,7+;. The molecule has 0 aromatic heterocycles. The number of piperidine rings is 1. The van der Waals surface area contributed by atoms with Gasteiger partial charge >= 0.3 is 6.09 Å². The molecule has 2 bridgehead atoms. The second kappa shape index (κ2) is 4.41. The van der Waals surface area contributed by atoms with Gasteiger partial charge in [0.15, 0.2) is 0 Å². The third kappa shape index (κ3) is 2.70. The molecule has 0 unspecified atom stereocenters. The highest BCUT2D eigenvalue weighted by Gasteiger charge is 2.37. The zero-order valence-electron chi connectivity index (χ0n) is 8.27. The van der Waals surface area contributed by atoms with E-state index in [1.807, 2.05) is 0 Å². The van der Waals surface area contributed by atoms with Gasteiger partial charge in [-0.3, -0.25) is 9.69 Å². The van der Waals surface area contributed by atoms with Gasteiger partial charge in [-0.2, -0.15) is 0 Å². The molecule has 2 aliphatic rings. The summed E-state index contributed by atoms with van der Waals surface area (Å²) in [4.78, 5) is 22.2. The maximum absolute atomic E-state index is 11.0. The lowest BCUT2D eigenvalue weighted by molar-refractivity contribution is -0.123. The molecular weight excluding hydrogens is 184 g/mol. The fourth-order valence-electron chi connectivity index (χ4n) is 2.19. The second-order valence-electron chi connectivity index (χ2n) is 3.84. The number of rotatable bonds is 0. The predicted molar refractivity (Wildman–Crippen MR) is 51.0 cm³/mol. The van der Waals surface area contributed by atoms with Crippen molar-refractivity contribution in [2.24, 2.45) is 5.73 Å². The number of ketones is 1. The fourth-order valence-corrected chi connectivity index (χ4v) is 2.19. The van der Waals surface area contributed by atoms with Crippen molar-refractivity contribution in [1.82, 2.24) is 4.90 Å². The third-order valence-corrected chi connectivity index (χ3v) is 2.91. The van der Waals surface area contributed by atoms with E-state index in [1.54, 1.807) is 0 Å². The van der Waals surface area contributed by atoms with Gasteiger partial charge in [0.1, 0.15) is 5.78 Å². The molecule has 14 heavy (non-hydrogen) atoms. The number of Topliss-reactive ketones (excluding diaryl/α,β-unsaturated/α-hetero) is 1. The van der Waals surface area contributed by atoms with Crippen LogP contribution in [0.4, 0.5) is 4.79 Å². The summed E-state index contributed by atoms with van der Waals surface area (Å²) < 4.78 is 0. The van der Waals surface area contributed by atoms with E-state index in [0.29, 0.717) is 17.9 Å². The van der Waals surface area contributed by atoms with Crippen molar-refractivity contribution in [2.75, 3.05) is 7.05 Å². The maximum Gasteiger partial charge on any atom is 0.402 e. The van der Waals surface area contributed by atoms with Crippen LogP contribution in [0.3, 0.4) is 0 Å². The first-order chi connectivity index (χ1) is 6.50. The summed E-state index contributed by atoms with van der Waals surface area (Å²) in [6, 6.07) is 1.18. The van der Waals surface area contributed by atoms with Crippen LogP contribution in [-0.2, 0) is 4.79 Å². The highest BCUT2D eigenvalue weighted by Crippen LogP contribution is 2.31. The molecule has 0 spiro atoms. The maximum atomic E-state index is 11.0. The molecule has 2 heterocycles. The molecule has 0 radical (unpaired) electrons. The minimum atomic E-state index is -1.33. The van der Waals surface area contributed by atoms with Crippen molar-refractivity contribution in [1.29, 1.82) is 0 Å². The minimum absolute atomic E-state index is 0.477. The normalized spacial score (nSPS) is 30.8. The van der Waals surface area contributed by atoms with Gasteiger partial charge in [0, 0.05) is 24.9 Å². The van der Waals surface area contributed by atoms with Gasteiger partial charge in [-0.15, -0.1) is 0 Å². The van der Waals surface area contributed by atoms with Gasteiger partial charge in [0.05, 0.1) is 0 Å². The molecule has 0 saturated carbocycles. The molecule has 0 aromatic rings. The Balaban J connectivity index is 0.000000213. The number of hydrogen-bond donors (Lipinski definition) is 2. The number of amides is 1. The van der Waals surface area contributed by atoms with Crippen LogP contribution in [0.2, 0.25) is 0 Å². The van der Waals surface area contributed by atoms with Crippen LogP contribution in [0.15, 0.2) is 0 Å². The lowest BCUT2D eigenvalue weighted by Gasteiger charge is -2.29. The molecule has 2 saturated heterocycles. The molecule has 0 aromatic carbocycles. The number of primary amides is 1. The molecule has 2 rings (SSSR count). The lowest BCUT2D eigenvalue weighted by atomic mass is 10.0. The first-order valence-electron chi connectivity index (χ1n) is 4.72. The molecule has 2 aliphatic heterocycles. The summed E-state index contributed by atoms with van der Waals surface area (Å²) in [5.74, 6) is 0.477. The van der Waals surface area contributed by atoms with E-state index in [2.05, 4.69) is 17.7 Å². The fraction of sp³-hybridized carbons (Fsp3) is 0.778. The van der Waals surface area contributed by atoms with Crippen LogP contribution < -0.4 is 5.73 Å². The second-order valence-corrected chi connectivity index (χ2v) is 3.84. The lowest BCUT2D eigenvalue weighted by Crippen LogP contribution is -2.39. The summed E-state index contributed by atoms with van der Waals surface area (Å²) in [5, 5.41) is 7.19. The highest BCUT2D eigenvalue weighted by atomic mass is 16.4. The Bertz CT molecular complexity index is 222. The Morgan fingerprint density at radius 1 is 1.43 bits per heavy atom. The Labute approximate surface area is 82.9 Å². The van der Waals surface area contributed by atoms with Gasteiger partial charge in [-0.25, -0.2) is 4.79 Å². The van der Waals surface area contributed by atoms with E-state index in [1.165, 1.54) is 12.8 Å². The van der Waals surface area contributed by atoms with Gasteiger partial charge in [-0.1, -0.05) is 0 Å². The van der Waals surface area contributed by atoms with Crippen LogP contribution >= 0.6 is 0 Å². The smallest absolute Gasteiger partial charge is 0.402 e. The topological polar surface area (TPSA) is 83.6 Å². The van der Waals surface area contributed by atoms with E-state index in [0.717, 1.165) is 12.8 Å². The van der Waals surface area contributed by atoms with Crippen LogP contribution in [-0.4, -0.2) is 41.0 Å². The molecule has 5 heteroatoms. The molecular formula is C9H16N2O3. The zero-order valence-corrected chi connectivity index (χ0v) is 8.27. The molecule has 3 N–H and O–H groups in total. The zero-order chi connectivity index (χ0) is 10.7. The van der Waals surface area contributed by atoms with Crippen molar-refractivity contribution < 1.29 is 14.7 Å². The summed E-state index contributed by atoms with van der Waals surface area (Å²) in [7, 11) is 2.15. The largest absolute Gasteiger partial charge is 0.465 e. The number of carbonyl (C=O) groups excluding carboxylic acids is 1. The summed E-state index contributed by atoms with van der Waals surface area (Å²) in [6.07, 6.45) is 2.78. The predicted octanol–water partition coefficient (Wildman–Crippen LogP) is 0.435. The number of carbonyl (C=O) groups is 2. The SMILES string of the molecule is CN1[C@@H]2CC[C@H]1CC(=O)C2.NC(=O)O. The number of fused-ring (bicyclic) bond motifs is 2. The minimum Gasteiger partial charge on any atom is -0.465 e. The molecule has 80 valence electrons. The van der Waals surface area contributed by atoms with Crippen LogP contribution in [0.5, 0.6) is 0 Å². The third-order valence-electron chi connectivity index (χ3n) is 2.91. The van der Waals surface area contributed by atoms with E-state index in [4.69, 9.17) is 9.90 Å². The van der Waals surface area contributed by atoms with Crippen molar-refractivity contribution in [3.63, 3.8) is 0 Å². The van der Waals surface area contributed by atoms with Gasteiger partial charge < -0.3 is 10.8 Å². The number of nitrogens with two attached hydrogens (primary N) is 1. The van der Waals surface area contributed by atoms with Crippen molar-refractivity contribution >= 4 is 11.9 Å². The van der Waals surface area contributed by atoms with E-state index < -0.39 is 6.09 Å². The first-order valence-corrected chi connectivity index (χ1v) is 4.72. The highest BCUT2D eigenvalue weighted by molar-refractivity contribution is 5.80. The number of hydrogen-bond acceptors (Lipinski definition) is 3. The molecule has 1 amide bonds. The van der Waals surface area contributed by atoms with E-state index >= 15 is 0 Å². The Morgan fingerprint density at radius 3 is 2.14 bits per heavy atom. The average molecular weight is 200 g/mol. The van der Waals surface area contributed by atoms with E-state index in [9.17, 15) is 4.79 Å². The summed E-state index contributed by atoms with van der Waals surface area (Å²) in [5.41, 5.74) is 4.03. The van der Waals surface area contributed by atoms with Crippen LogP contribution in [0, 0.1) is 0 Å².